The molecule has 1 saturated heterocycles. The molecule has 2 atom stereocenters. The molecular weight excluding hydrogens is 322 g/mol. The van der Waals surface area contributed by atoms with Crippen LogP contribution in [0.3, 0.4) is 0 Å². The van der Waals surface area contributed by atoms with Gasteiger partial charge in [0.15, 0.2) is 5.52 Å². The molecule has 0 spiro atoms. The van der Waals surface area contributed by atoms with E-state index in [1.54, 1.807) is 13.0 Å². The van der Waals surface area contributed by atoms with E-state index in [0.717, 1.165) is 5.56 Å². The zero-order chi connectivity index (χ0) is 16.6. The number of aryl methyl sites for hydroxylation is 2. The number of benzene rings is 1. The Morgan fingerprint density at radius 1 is 1.26 bits per heavy atom. The Morgan fingerprint density at radius 3 is 2.74 bits per heavy atom. The summed E-state index contributed by atoms with van der Waals surface area (Å²) in [5.41, 5.74) is 2.11. The van der Waals surface area contributed by atoms with Gasteiger partial charge in [0.2, 0.25) is 10.0 Å². The van der Waals surface area contributed by atoms with E-state index in [1.807, 2.05) is 6.92 Å². The summed E-state index contributed by atoms with van der Waals surface area (Å²) < 4.78 is 43.9. The second kappa shape index (κ2) is 6.16. The highest BCUT2D eigenvalue weighted by atomic mass is 32.2. The average Bonchev–Trinajstić information content (AvgIpc) is 2.96. The second-order valence-electron chi connectivity index (χ2n) is 5.67. The van der Waals surface area contributed by atoms with E-state index in [9.17, 15) is 8.42 Å². The monoisotopic (exact) mass is 341 g/mol. The van der Waals surface area contributed by atoms with Gasteiger partial charge in [0, 0.05) is 13.7 Å². The fraction of sp³-hybridized carbons (Fsp3) is 0.571. The van der Waals surface area contributed by atoms with Crippen molar-refractivity contribution in [3.8, 4) is 0 Å². The lowest BCUT2D eigenvalue weighted by atomic mass is 10.1. The summed E-state index contributed by atoms with van der Waals surface area (Å²) in [4.78, 5) is 0.0979. The molecule has 9 heteroatoms. The van der Waals surface area contributed by atoms with Gasteiger partial charge >= 0.3 is 0 Å². The van der Waals surface area contributed by atoms with Crippen molar-refractivity contribution in [2.75, 3.05) is 20.3 Å². The van der Waals surface area contributed by atoms with Crippen LogP contribution in [0.1, 0.15) is 17.5 Å². The Balaban J connectivity index is 2.01. The maximum absolute atomic E-state index is 12.9. The van der Waals surface area contributed by atoms with E-state index in [1.165, 1.54) is 7.11 Å². The van der Waals surface area contributed by atoms with Crippen LogP contribution >= 0.6 is 0 Å². The number of hydrogen-bond donors (Lipinski definition) is 1. The summed E-state index contributed by atoms with van der Waals surface area (Å²) >= 11 is 0. The number of sulfonamides is 1. The number of aromatic nitrogens is 2. The first-order chi connectivity index (χ1) is 10.9. The molecule has 0 amide bonds. The normalized spacial score (nSPS) is 22.6. The van der Waals surface area contributed by atoms with Gasteiger partial charge in [0.25, 0.3) is 0 Å². The lowest BCUT2D eigenvalue weighted by molar-refractivity contribution is -0.0448. The van der Waals surface area contributed by atoms with Crippen molar-refractivity contribution in [2.24, 2.45) is 0 Å². The molecular formula is C14H19N3O5S. The molecule has 0 saturated carbocycles. The number of ether oxygens (including phenoxy) is 2. The van der Waals surface area contributed by atoms with Gasteiger partial charge in [-0.25, -0.2) is 17.8 Å². The third-order valence-corrected chi connectivity index (χ3v) is 5.72. The molecule has 1 aliphatic rings. The first-order valence-electron chi connectivity index (χ1n) is 7.29. The number of rotatable bonds is 4. The van der Waals surface area contributed by atoms with Crippen molar-refractivity contribution in [3.05, 3.63) is 17.2 Å². The van der Waals surface area contributed by atoms with Crippen molar-refractivity contribution < 1.29 is 22.5 Å². The van der Waals surface area contributed by atoms with Gasteiger partial charge in [-0.15, -0.1) is 0 Å². The van der Waals surface area contributed by atoms with Gasteiger partial charge in [-0.1, -0.05) is 6.07 Å². The summed E-state index contributed by atoms with van der Waals surface area (Å²) in [5, 5.41) is 7.57. The van der Waals surface area contributed by atoms with E-state index in [-0.39, 0.29) is 22.6 Å². The third-order valence-electron chi connectivity index (χ3n) is 4.05. The number of methoxy groups -OCH3 is 1. The largest absolute Gasteiger partial charge is 0.379 e. The minimum atomic E-state index is -3.79. The summed E-state index contributed by atoms with van der Waals surface area (Å²) in [6.45, 7) is 4.41. The average molecular weight is 341 g/mol. The number of nitrogens with one attached hydrogen (secondary N) is 1. The van der Waals surface area contributed by atoms with Crippen LogP contribution in [0.15, 0.2) is 15.6 Å². The standard InChI is InChI=1S/C14H19N3O5S/c1-8-6-9(2)14(13-12(8)15-22-16-13)23(18,19)17-10-4-5-21-7-11(10)20-3/h6,10-11,17H,4-5,7H2,1-3H3/t10-,11-/m0/s1. The van der Waals surface area contributed by atoms with Gasteiger partial charge in [0.05, 0.1) is 18.8 Å². The lowest BCUT2D eigenvalue weighted by Gasteiger charge is -2.30. The fourth-order valence-electron chi connectivity index (χ4n) is 2.92. The van der Waals surface area contributed by atoms with Crippen LogP contribution in [-0.4, -0.2) is 51.2 Å². The van der Waals surface area contributed by atoms with E-state index in [4.69, 9.17) is 14.1 Å². The number of nitrogens with zero attached hydrogens (tertiary/aromatic N) is 2. The zero-order valence-electron chi connectivity index (χ0n) is 13.2. The predicted molar refractivity (Wildman–Crippen MR) is 81.6 cm³/mol. The summed E-state index contributed by atoms with van der Waals surface area (Å²) in [5.74, 6) is 0. The zero-order valence-corrected chi connectivity index (χ0v) is 14.0. The van der Waals surface area contributed by atoms with Crippen LogP contribution in [0, 0.1) is 13.8 Å². The highest BCUT2D eigenvalue weighted by molar-refractivity contribution is 7.89. The molecule has 8 nitrogen and oxygen atoms in total. The van der Waals surface area contributed by atoms with E-state index in [0.29, 0.717) is 30.7 Å². The Morgan fingerprint density at radius 2 is 2.00 bits per heavy atom. The minimum absolute atomic E-state index is 0.0979. The van der Waals surface area contributed by atoms with Crippen LogP contribution < -0.4 is 4.72 Å². The molecule has 0 radical (unpaired) electrons. The topological polar surface area (TPSA) is 104 Å². The predicted octanol–water partition coefficient (Wildman–Crippen LogP) is 0.922. The molecule has 3 rings (SSSR count). The van der Waals surface area contributed by atoms with Gasteiger partial charge in [-0.3, -0.25) is 0 Å². The lowest BCUT2D eigenvalue weighted by Crippen LogP contribution is -2.49. The molecule has 1 N–H and O–H groups in total. The summed E-state index contributed by atoms with van der Waals surface area (Å²) in [6, 6.07) is 1.41. The van der Waals surface area contributed by atoms with Gasteiger partial charge < -0.3 is 9.47 Å². The Kier molecular flexibility index (Phi) is 4.37. The molecule has 1 aliphatic heterocycles. The SMILES string of the molecule is CO[C@H]1COCC[C@@H]1NS(=O)(=O)c1c(C)cc(C)c2nonc12. The Labute approximate surface area is 134 Å². The highest BCUT2D eigenvalue weighted by Crippen LogP contribution is 2.27. The van der Waals surface area contributed by atoms with Crippen molar-refractivity contribution in [2.45, 2.75) is 37.3 Å². The summed E-state index contributed by atoms with van der Waals surface area (Å²) in [7, 11) is -2.26. The van der Waals surface area contributed by atoms with Crippen molar-refractivity contribution in [1.29, 1.82) is 0 Å². The maximum atomic E-state index is 12.9. The molecule has 1 aromatic heterocycles. The summed E-state index contributed by atoms with van der Waals surface area (Å²) in [6.07, 6.45) is 0.221. The van der Waals surface area contributed by atoms with Gasteiger partial charge in [-0.2, -0.15) is 0 Å². The van der Waals surface area contributed by atoms with Crippen molar-refractivity contribution in [1.82, 2.24) is 15.0 Å². The van der Waals surface area contributed by atoms with Gasteiger partial charge in [-0.05, 0) is 41.7 Å². The molecule has 23 heavy (non-hydrogen) atoms. The second-order valence-corrected chi connectivity index (χ2v) is 7.32. The highest BCUT2D eigenvalue weighted by Gasteiger charge is 2.32. The molecule has 2 aromatic rings. The van der Waals surface area contributed by atoms with Crippen molar-refractivity contribution in [3.63, 3.8) is 0 Å². The molecule has 126 valence electrons. The smallest absolute Gasteiger partial charge is 0.243 e. The first-order valence-corrected chi connectivity index (χ1v) is 8.77. The fourth-order valence-corrected chi connectivity index (χ4v) is 4.58. The maximum Gasteiger partial charge on any atom is 0.243 e. The molecule has 0 aliphatic carbocycles. The van der Waals surface area contributed by atoms with Crippen LogP contribution in [-0.2, 0) is 19.5 Å². The van der Waals surface area contributed by atoms with E-state index in [2.05, 4.69) is 15.0 Å². The van der Waals surface area contributed by atoms with E-state index < -0.39 is 10.0 Å². The molecule has 1 aromatic carbocycles. The number of hydrogen-bond acceptors (Lipinski definition) is 7. The van der Waals surface area contributed by atoms with Crippen LogP contribution in [0.25, 0.3) is 11.0 Å². The molecule has 0 unspecified atom stereocenters. The van der Waals surface area contributed by atoms with Gasteiger partial charge in [0.1, 0.15) is 10.4 Å². The molecule has 0 bridgehead atoms. The van der Waals surface area contributed by atoms with Crippen LogP contribution in [0.5, 0.6) is 0 Å². The first kappa shape index (κ1) is 16.3. The van der Waals surface area contributed by atoms with E-state index >= 15 is 0 Å². The third kappa shape index (κ3) is 2.97. The number of fused-ring (bicyclic) bond motifs is 1. The Hall–Kier alpha value is -1.55. The van der Waals surface area contributed by atoms with Crippen LogP contribution in [0.4, 0.5) is 0 Å². The van der Waals surface area contributed by atoms with Crippen LogP contribution in [0.2, 0.25) is 0 Å². The minimum Gasteiger partial charge on any atom is -0.379 e. The quantitative estimate of drug-likeness (QED) is 0.882. The molecule has 2 heterocycles. The molecule has 1 fully saturated rings. The Bertz CT molecular complexity index is 817. The van der Waals surface area contributed by atoms with Crippen molar-refractivity contribution >= 4 is 21.1 Å².